The lowest BCUT2D eigenvalue weighted by molar-refractivity contribution is -0.0296. The van der Waals surface area contributed by atoms with E-state index in [4.69, 9.17) is 4.74 Å². The van der Waals surface area contributed by atoms with Crippen molar-refractivity contribution in [3.8, 4) is 0 Å². The molecule has 16 heavy (non-hydrogen) atoms. The van der Waals surface area contributed by atoms with E-state index in [9.17, 15) is 0 Å². The van der Waals surface area contributed by atoms with Crippen LogP contribution in [0.5, 0.6) is 0 Å². The van der Waals surface area contributed by atoms with Crippen molar-refractivity contribution in [3.63, 3.8) is 0 Å². The summed E-state index contributed by atoms with van der Waals surface area (Å²) in [7, 11) is 0. The van der Waals surface area contributed by atoms with Crippen LogP contribution in [0.4, 0.5) is 0 Å². The van der Waals surface area contributed by atoms with E-state index in [0.717, 1.165) is 24.5 Å². The zero-order chi connectivity index (χ0) is 11.4. The third-order valence-electron chi connectivity index (χ3n) is 4.03. The molecule has 2 nitrogen and oxygen atoms in total. The third-order valence-corrected chi connectivity index (χ3v) is 4.03. The summed E-state index contributed by atoms with van der Waals surface area (Å²) in [5, 5.41) is 3.74. The molecule has 0 aliphatic heterocycles. The molecule has 1 atom stereocenters. The molecular formula is C14H27NO. The Kier molecular flexibility index (Phi) is 4.66. The molecular weight excluding hydrogens is 198 g/mol. The first kappa shape index (κ1) is 12.4. The van der Waals surface area contributed by atoms with Crippen LogP contribution in [0.15, 0.2) is 0 Å². The molecule has 2 aliphatic rings. The van der Waals surface area contributed by atoms with Crippen molar-refractivity contribution in [2.75, 3.05) is 13.2 Å². The molecule has 0 aromatic carbocycles. The molecule has 2 heteroatoms. The van der Waals surface area contributed by atoms with E-state index in [1.807, 2.05) is 0 Å². The standard InChI is InChI=1S/C14H27NO/c1-3-7-15-14(12-5-6-12)10-11-8-13(9-11)16-4-2/h11-15H,3-10H2,1-2H3. The van der Waals surface area contributed by atoms with Gasteiger partial charge in [0.25, 0.3) is 0 Å². The Hall–Kier alpha value is -0.0800. The van der Waals surface area contributed by atoms with Gasteiger partial charge in [0.15, 0.2) is 0 Å². The van der Waals surface area contributed by atoms with Crippen molar-refractivity contribution in [1.82, 2.24) is 5.32 Å². The lowest BCUT2D eigenvalue weighted by Gasteiger charge is -2.37. The van der Waals surface area contributed by atoms with E-state index in [0.29, 0.717) is 6.10 Å². The van der Waals surface area contributed by atoms with Gasteiger partial charge in [-0.05, 0) is 63.8 Å². The molecule has 1 unspecified atom stereocenters. The van der Waals surface area contributed by atoms with E-state index < -0.39 is 0 Å². The van der Waals surface area contributed by atoms with Gasteiger partial charge >= 0.3 is 0 Å². The Balaban J connectivity index is 1.63. The molecule has 0 spiro atoms. The highest BCUT2D eigenvalue weighted by Crippen LogP contribution is 2.40. The van der Waals surface area contributed by atoms with Crippen LogP contribution in [-0.2, 0) is 4.74 Å². The maximum atomic E-state index is 5.63. The van der Waals surface area contributed by atoms with E-state index in [1.165, 1.54) is 45.1 Å². The molecule has 0 saturated heterocycles. The van der Waals surface area contributed by atoms with Gasteiger partial charge in [0, 0.05) is 12.6 Å². The molecule has 0 bridgehead atoms. The van der Waals surface area contributed by atoms with Crippen molar-refractivity contribution in [2.45, 2.75) is 64.5 Å². The fraction of sp³-hybridized carbons (Fsp3) is 1.00. The van der Waals surface area contributed by atoms with Crippen molar-refractivity contribution in [2.24, 2.45) is 11.8 Å². The topological polar surface area (TPSA) is 21.3 Å². The lowest BCUT2D eigenvalue weighted by atomic mass is 9.77. The maximum Gasteiger partial charge on any atom is 0.0580 e. The summed E-state index contributed by atoms with van der Waals surface area (Å²) < 4.78 is 5.63. The van der Waals surface area contributed by atoms with Gasteiger partial charge in [-0.2, -0.15) is 0 Å². The van der Waals surface area contributed by atoms with Crippen LogP contribution in [0.25, 0.3) is 0 Å². The van der Waals surface area contributed by atoms with Crippen molar-refractivity contribution in [1.29, 1.82) is 0 Å². The highest BCUT2D eigenvalue weighted by atomic mass is 16.5. The second-order valence-corrected chi connectivity index (χ2v) is 5.55. The minimum atomic E-state index is 0.584. The molecule has 0 heterocycles. The molecule has 0 aromatic rings. The zero-order valence-electron chi connectivity index (χ0n) is 10.9. The largest absolute Gasteiger partial charge is 0.378 e. The molecule has 1 N–H and O–H groups in total. The van der Waals surface area contributed by atoms with E-state index in [1.54, 1.807) is 0 Å². The smallest absolute Gasteiger partial charge is 0.0580 e. The Labute approximate surface area is 100 Å². The first-order chi connectivity index (χ1) is 7.83. The molecule has 2 saturated carbocycles. The molecule has 0 aromatic heterocycles. The molecule has 0 radical (unpaired) electrons. The van der Waals surface area contributed by atoms with Crippen LogP contribution in [0.2, 0.25) is 0 Å². The first-order valence-corrected chi connectivity index (χ1v) is 7.18. The van der Waals surface area contributed by atoms with E-state index in [-0.39, 0.29) is 0 Å². The van der Waals surface area contributed by atoms with Crippen LogP contribution < -0.4 is 5.32 Å². The number of nitrogens with one attached hydrogen (secondary N) is 1. The summed E-state index contributed by atoms with van der Waals surface area (Å²) in [6.07, 6.45) is 8.78. The average Bonchev–Trinajstić information content (AvgIpc) is 3.03. The minimum absolute atomic E-state index is 0.584. The van der Waals surface area contributed by atoms with Gasteiger partial charge in [0.2, 0.25) is 0 Å². The number of rotatable bonds is 8. The summed E-state index contributed by atoms with van der Waals surface area (Å²) >= 11 is 0. The fourth-order valence-electron chi connectivity index (χ4n) is 2.87. The second-order valence-electron chi connectivity index (χ2n) is 5.55. The Bertz CT molecular complexity index is 197. The van der Waals surface area contributed by atoms with Crippen LogP contribution in [0.1, 0.15) is 52.4 Å². The minimum Gasteiger partial charge on any atom is -0.378 e. The second kappa shape index (κ2) is 6.02. The SMILES string of the molecule is CCCNC(CC1CC(OCC)C1)C1CC1. The van der Waals surface area contributed by atoms with Gasteiger partial charge in [-0.15, -0.1) is 0 Å². The van der Waals surface area contributed by atoms with Gasteiger partial charge in [0.1, 0.15) is 0 Å². The molecule has 2 fully saturated rings. The molecule has 2 aliphatic carbocycles. The molecule has 94 valence electrons. The van der Waals surface area contributed by atoms with Crippen LogP contribution in [0.3, 0.4) is 0 Å². The number of hydrogen-bond acceptors (Lipinski definition) is 2. The summed E-state index contributed by atoms with van der Waals surface area (Å²) in [6, 6.07) is 0.813. The summed E-state index contributed by atoms with van der Waals surface area (Å²) in [4.78, 5) is 0. The highest BCUT2D eigenvalue weighted by Gasteiger charge is 2.36. The quantitative estimate of drug-likeness (QED) is 0.686. The van der Waals surface area contributed by atoms with Gasteiger partial charge < -0.3 is 10.1 Å². The van der Waals surface area contributed by atoms with Crippen molar-refractivity contribution < 1.29 is 4.74 Å². The van der Waals surface area contributed by atoms with Crippen LogP contribution >= 0.6 is 0 Å². The van der Waals surface area contributed by atoms with E-state index in [2.05, 4.69) is 19.2 Å². The van der Waals surface area contributed by atoms with Crippen LogP contribution in [0, 0.1) is 11.8 Å². The third kappa shape index (κ3) is 3.46. The highest BCUT2D eigenvalue weighted by molar-refractivity contribution is 4.91. The van der Waals surface area contributed by atoms with Gasteiger partial charge in [-0.3, -0.25) is 0 Å². The summed E-state index contributed by atoms with van der Waals surface area (Å²) in [5.74, 6) is 1.93. The molecule has 2 rings (SSSR count). The first-order valence-electron chi connectivity index (χ1n) is 7.18. The summed E-state index contributed by atoms with van der Waals surface area (Å²) in [5.41, 5.74) is 0. The monoisotopic (exact) mass is 225 g/mol. The van der Waals surface area contributed by atoms with E-state index >= 15 is 0 Å². The number of ether oxygens (including phenoxy) is 1. The predicted octanol–water partition coefficient (Wildman–Crippen LogP) is 2.97. The zero-order valence-corrected chi connectivity index (χ0v) is 10.9. The predicted molar refractivity (Wildman–Crippen MR) is 67.6 cm³/mol. The van der Waals surface area contributed by atoms with Gasteiger partial charge in [0.05, 0.1) is 6.10 Å². The summed E-state index contributed by atoms with van der Waals surface area (Å²) in [6.45, 7) is 6.44. The van der Waals surface area contributed by atoms with Gasteiger partial charge in [-0.25, -0.2) is 0 Å². The number of hydrogen-bond donors (Lipinski definition) is 1. The Morgan fingerprint density at radius 1 is 1.25 bits per heavy atom. The fourth-order valence-corrected chi connectivity index (χ4v) is 2.87. The van der Waals surface area contributed by atoms with Crippen LogP contribution in [-0.4, -0.2) is 25.3 Å². The maximum absolute atomic E-state index is 5.63. The molecule has 0 amide bonds. The van der Waals surface area contributed by atoms with Gasteiger partial charge in [-0.1, -0.05) is 6.92 Å². The van der Waals surface area contributed by atoms with Crippen molar-refractivity contribution >= 4 is 0 Å². The van der Waals surface area contributed by atoms with Crippen molar-refractivity contribution in [3.05, 3.63) is 0 Å². The average molecular weight is 225 g/mol. The normalized spacial score (nSPS) is 31.1. The Morgan fingerprint density at radius 2 is 2.00 bits per heavy atom. The Morgan fingerprint density at radius 3 is 2.56 bits per heavy atom. The lowest BCUT2D eigenvalue weighted by Crippen LogP contribution is -2.39.